The fraction of sp³-hybridized carbons (Fsp3) is 0.222. The molecule has 1 heterocycles. The lowest BCUT2D eigenvalue weighted by Gasteiger charge is -2.16. The largest absolute Gasteiger partial charge is 0.382 e. The quantitative estimate of drug-likeness (QED) is 0.935. The second-order valence-corrected chi connectivity index (χ2v) is 5.61. The van der Waals surface area contributed by atoms with E-state index in [0.717, 1.165) is 17.7 Å². The molecule has 0 bridgehead atoms. The van der Waals surface area contributed by atoms with E-state index in [1.165, 1.54) is 6.07 Å². The van der Waals surface area contributed by atoms with Gasteiger partial charge in [-0.1, -0.05) is 41.6 Å². The Morgan fingerprint density at radius 2 is 1.96 bits per heavy atom. The Kier molecular flexibility index (Phi) is 4.55. The molecule has 0 radical (unpaired) electrons. The van der Waals surface area contributed by atoms with Crippen molar-refractivity contribution in [2.24, 2.45) is 5.16 Å². The van der Waals surface area contributed by atoms with Crippen molar-refractivity contribution < 1.29 is 18.4 Å². The third-order valence-electron chi connectivity index (χ3n) is 3.87. The van der Waals surface area contributed by atoms with Crippen molar-refractivity contribution in [3.63, 3.8) is 0 Å². The Labute approximate surface area is 138 Å². The minimum atomic E-state index is -0.944. The van der Waals surface area contributed by atoms with Gasteiger partial charge in [-0.25, -0.2) is 8.78 Å². The molecule has 0 aliphatic carbocycles. The van der Waals surface area contributed by atoms with Crippen LogP contribution in [-0.4, -0.2) is 17.7 Å². The smallest absolute Gasteiger partial charge is 0.264 e. The van der Waals surface area contributed by atoms with Crippen molar-refractivity contribution >= 4 is 11.6 Å². The molecule has 1 aliphatic rings. The van der Waals surface area contributed by atoms with Gasteiger partial charge in [-0.05, 0) is 30.2 Å². The summed E-state index contributed by atoms with van der Waals surface area (Å²) >= 11 is 0. The van der Waals surface area contributed by atoms with E-state index < -0.39 is 23.8 Å². The molecule has 124 valence electrons. The first kappa shape index (κ1) is 16.1. The molecule has 0 unspecified atom stereocenters. The number of amides is 1. The van der Waals surface area contributed by atoms with Gasteiger partial charge >= 0.3 is 0 Å². The van der Waals surface area contributed by atoms with Gasteiger partial charge in [0.05, 0.1) is 11.8 Å². The minimum Gasteiger partial charge on any atom is -0.382 e. The SMILES string of the molecule is C[C@@H](NC(=O)[C@@H]1CC(c2ccccc2)=NO1)c1ccc(F)c(F)c1. The topological polar surface area (TPSA) is 50.7 Å². The predicted molar refractivity (Wildman–Crippen MR) is 85.4 cm³/mol. The van der Waals surface area contributed by atoms with Crippen LogP contribution in [0.15, 0.2) is 53.7 Å². The highest BCUT2D eigenvalue weighted by molar-refractivity contribution is 6.04. The molecule has 1 aliphatic heterocycles. The molecular formula is C18H16F2N2O2. The Bertz CT molecular complexity index is 778. The first-order valence-electron chi connectivity index (χ1n) is 7.58. The summed E-state index contributed by atoms with van der Waals surface area (Å²) in [5.41, 5.74) is 2.09. The van der Waals surface area contributed by atoms with E-state index in [1.807, 2.05) is 30.3 Å². The summed E-state index contributed by atoms with van der Waals surface area (Å²) in [4.78, 5) is 17.5. The van der Waals surface area contributed by atoms with Gasteiger partial charge in [0.15, 0.2) is 11.6 Å². The Hall–Kier alpha value is -2.76. The van der Waals surface area contributed by atoms with E-state index in [-0.39, 0.29) is 5.91 Å². The summed E-state index contributed by atoms with van der Waals surface area (Å²) in [7, 11) is 0. The number of hydrogen-bond acceptors (Lipinski definition) is 3. The van der Waals surface area contributed by atoms with Gasteiger partial charge in [0, 0.05) is 6.42 Å². The average Bonchev–Trinajstić information content (AvgIpc) is 3.08. The molecule has 0 saturated heterocycles. The van der Waals surface area contributed by atoms with Crippen LogP contribution < -0.4 is 5.32 Å². The van der Waals surface area contributed by atoms with E-state index in [9.17, 15) is 13.6 Å². The number of hydrogen-bond donors (Lipinski definition) is 1. The molecule has 3 rings (SSSR count). The maximum atomic E-state index is 13.3. The number of benzene rings is 2. The van der Waals surface area contributed by atoms with Crippen LogP contribution in [0.5, 0.6) is 0 Å². The van der Waals surface area contributed by atoms with E-state index in [4.69, 9.17) is 4.84 Å². The van der Waals surface area contributed by atoms with Crippen molar-refractivity contribution in [3.8, 4) is 0 Å². The zero-order valence-corrected chi connectivity index (χ0v) is 13.0. The summed E-state index contributed by atoms with van der Waals surface area (Å²) in [6.07, 6.45) is -0.367. The molecule has 4 nitrogen and oxygen atoms in total. The maximum absolute atomic E-state index is 13.3. The molecule has 1 N–H and O–H groups in total. The number of oxime groups is 1. The van der Waals surface area contributed by atoms with Crippen molar-refractivity contribution in [2.75, 3.05) is 0 Å². The number of rotatable bonds is 4. The van der Waals surface area contributed by atoms with Crippen LogP contribution >= 0.6 is 0 Å². The Morgan fingerprint density at radius 1 is 1.21 bits per heavy atom. The van der Waals surface area contributed by atoms with Gasteiger partial charge in [0.1, 0.15) is 0 Å². The summed E-state index contributed by atoms with van der Waals surface area (Å²) < 4.78 is 26.3. The highest BCUT2D eigenvalue weighted by Crippen LogP contribution is 2.19. The molecule has 2 aromatic rings. The molecule has 2 atom stereocenters. The zero-order chi connectivity index (χ0) is 17.1. The number of carbonyl (C=O) groups excluding carboxylic acids is 1. The summed E-state index contributed by atoms with van der Waals surface area (Å²) in [6.45, 7) is 1.69. The van der Waals surface area contributed by atoms with Crippen molar-refractivity contribution in [1.82, 2.24) is 5.32 Å². The Balaban J connectivity index is 1.61. The van der Waals surface area contributed by atoms with Crippen LogP contribution in [0, 0.1) is 11.6 Å². The summed E-state index contributed by atoms with van der Waals surface area (Å²) in [6, 6.07) is 12.5. The van der Waals surface area contributed by atoms with Gasteiger partial charge in [-0.15, -0.1) is 0 Å². The highest BCUT2D eigenvalue weighted by Gasteiger charge is 2.29. The number of nitrogens with one attached hydrogen (secondary N) is 1. The van der Waals surface area contributed by atoms with Crippen LogP contribution in [0.3, 0.4) is 0 Å². The molecule has 6 heteroatoms. The monoisotopic (exact) mass is 330 g/mol. The predicted octanol–water partition coefficient (Wildman–Crippen LogP) is 3.34. The molecule has 0 saturated carbocycles. The molecular weight excluding hydrogens is 314 g/mol. The van der Waals surface area contributed by atoms with E-state index >= 15 is 0 Å². The third kappa shape index (κ3) is 3.42. The molecule has 1 amide bonds. The van der Waals surface area contributed by atoms with Crippen LogP contribution in [-0.2, 0) is 9.63 Å². The van der Waals surface area contributed by atoms with E-state index in [2.05, 4.69) is 10.5 Å². The zero-order valence-electron chi connectivity index (χ0n) is 13.0. The second kappa shape index (κ2) is 6.78. The van der Waals surface area contributed by atoms with Crippen molar-refractivity contribution in [2.45, 2.75) is 25.5 Å². The molecule has 0 aromatic heterocycles. The molecule has 0 spiro atoms. The normalized spacial score (nSPS) is 17.8. The van der Waals surface area contributed by atoms with Crippen LogP contribution in [0.1, 0.15) is 30.5 Å². The third-order valence-corrected chi connectivity index (χ3v) is 3.87. The molecule has 0 fully saturated rings. The lowest BCUT2D eigenvalue weighted by Crippen LogP contribution is -2.36. The minimum absolute atomic E-state index is 0.345. The van der Waals surface area contributed by atoms with Gasteiger partial charge < -0.3 is 10.2 Å². The second-order valence-electron chi connectivity index (χ2n) is 5.61. The summed E-state index contributed by atoms with van der Waals surface area (Å²) in [5, 5.41) is 6.69. The lowest BCUT2D eigenvalue weighted by molar-refractivity contribution is -0.131. The molecule has 2 aromatic carbocycles. The van der Waals surface area contributed by atoms with Gasteiger partial charge in [0.25, 0.3) is 5.91 Å². The first-order chi connectivity index (χ1) is 11.5. The van der Waals surface area contributed by atoms with Gasteiger partial charge in [-0.2, -0.15) is 0 Å². The van der Waals surface area contributed by atoms with Gasteiger partial charge in [-0.3, -0.25) is 4.79 Å². The summed E-state index contributed by atoms with van der Waals surface area (Å²) in [5.74, 6) is -2.21. The lowest BCUT2D eigenvalue weighted by atomic mass is 10.0. The number of nitrogens with zero attached hydrogens (tertiary/aromatic N) is 1. The first-order valence-corrected chi connectivity index (χ1v) is 7.58. The van der Waals surface area contributed by atoms with Crippen LogP contribution in [0.2, 0.25) is 0 Å². The van der Waals surface area contributed by atoms with Crippen molar-refractivity contribution in [3.05, 3.63) is 71.3 Å². The number of halogens is 2. The van der Waals surface area contributed by atoms with Crippen LogP contribution in [0.4, 0.5) is 8.78 Å². The Morgan fingerprint density at radius 3 is 2.67 bits per heavy atom. The average molecular weight is 330 g/mol. The van der Waals surface area contributed by atoms with Crippen LogP contribution in [0.25, 0.3) is 0 Å². The maximum Gasteiger partial charge on any atom is 0.264 e. The fourth-order valence-corrected chi connectivity index (χ4v) is 2.49. The number of carbonyl (C=O) groups is 1. The van der Waals surface area contributed by atoms with E-state index in [0.29, 0.717) is 17.7 Å². The standard InChI is InChI=1S/C18H16F2N2O2/c1-11(13-7-8-14(19)15(20)9-13)21-18(23)17-10-16(22-24-17)12-5-3-2-4-6-12/h2-9,11,17H,10H2,1H3,(H,21,23)/t11-,17+/m1/s1. The van der Waals surface area contributed by atoms with Crippen molar-refractivity contribution in [1.29, 1.82) is 0 Å². The highest BCUT2D eigenvalue weighted by atomic mass is 19.2. The van der Waals surface area contributed by atoms with E-state index in [1.54, 1.807) is 6.92 Å². The molecule has 24 heavy (non-hydrogen) atoms. The fourth-order valence-electron chi connectivity index (χ4n) is 2.49. The van der Waals surface area contributed by atoms with Gasteiger partial charge in [0.2, 0.25) is 6.10 Å².